The van der Waals surface area contributed by atoms with Gasteiger partial charge in [-0.25, -0.2) is 0 Å². The van der Waals surface area contributed by atoms with E-state index >= 15 is 0 Å². The van der Waals surface area contributed by atoms with E-state index < -0.39 is 0 Å². The number of hydrogen-bond acceptors (Lipinski definition) is 4. The smallest absolute Gasteiger partial charge is 0.306 e. The molecule has 120 valence electrons. The molecule has 0 saturated carbocycles. The molecule has 22 heavy (non-hydrogen) atoms. The Balaban J connectivity index is 1.27. The molecule has 0 atom stereocenters. The fraction of sp³-hybridized carbons (Fsp3) is 0.611. The van der Waals surface area contributed by atoms with E-state index in [0.717, 1.165) is 44.8 Å². The maximum absolute atomic E-state index is 11.8. The fourth-order valence-corrected chi connectivity index (χ4v) is 3.19. The van der Waals surface area contributed by atoms with Crippen molar-refractivity contribution in [2.24, 2.45) is 5.41 Å². The maximum atomic E-state index is 11.8. The zero-order chi connectivity index (χ0) is 15.3. The van der Waals surface area contributed by atoms with E-state index in [2.05, 4.69) is 4.90 Å². The number of carbonyl (C=O) groups is 1. The number of piperidine rings is 1. The van der Waals surface area contributed by atoms with Crippen LogP contribution in [0.15, 0.2) is 30.3 Å². The molecule has 2 heterocycles. The molecule has 4 nitrogen and oxygen atoms in total. The summed E-state index contributed by atoms with van der Waals surface area (Å²) in [5, 5.41) is 0. The molecule has 0 aromatic heterocycles. The third kappa shape index (κ3) is 4.08. The summed E-state index contributed by atoms with van der Waals surface area (Å²) in [5.74, 6) is -0.0928. The van der Waals surface area contributed by atoms with Gasteiger partial charge in [-0.05, 0) is 44.5 Å². The molecule has 4 heteroatoms. The quantitative estimate of drug-likeness (QED) is 0.757. The first-order valence-electron chi connectivity index (χ1n) is 8.25. The van der Waals surface area contributed by atoms with Crippen LogP contribution < -0.4 is 0 Å². The van der Waals surface area contributed by atoms with E-state index in [1.54, 1.807) is 0 Å². The summed E-state index contributed by atoms with van der Waals surface area (Å²) in [6, 6.07) is 9.82. The molecule has 0 bridgehead atoms. The fourth-order valence-electron chi connectivity index (χ4n) is 3.19. The summed E-state index contributed by atoms with van der Waals surface area (Å²) in [6.07, 6.45) is 3.88. The van der Waals surface area contributed by atoms with Crippen LogP contribution in [0.3, 0.4) is 0 Å². The van der Waals surface area contributed by atoms with Crippen LogP contribution in [-0.2, 0) is 20.9 Å². The van der Waals surface area contributed by atoms with Crippen LogP contribution in [0, 0.1) is 5.41 Å². The van der Waals surface area contributed by atoms with Crippen LogP contribution in [-0.4, -0.2) is 43.7 Å². The number of nitrogens with zero attached hydrogens (tertiary/aromatic N) is 1. The van der Waals surface area contributed by atoms with Crippen molar-refractivity contribution in [3.05, 3.63) is 35.9 Å². The summed E-state index contributed by atoms with van der Waals surface area (Å²) in [7, 11) is 0. The SMILES string of the molecule is O=C(CCCN1CCC2(CC1)COC2)OCc1ccccc1. The largest absolute Gasteiger partial charge is 0.461 e. The molecule has 0 unspecified atom stereocenters. The van der Waals surface area contributed by atoms with E-state index in [-0.39, 0.29) is 5.97 Å². The highest BCUT2D eigenvalue weighted by atomic mass is 16.5. The van der Waals surface area contributed by atoms with Crippen LogP contribution in [0.2, 0.25) is 0 Å². The summed E-state index contributed by atoms with van der Waals surface area (Å²) in [5.41, 5.74) is 1.53. The average molecular weight is 303 g/mol. The number of rotatable bonds is 6. The van der Waals surface area contributed by atoms with Gasteiger partial charge in [-0.1, -0.05) is 30.3 Å². The minimum atomic E-state index is -0.0928. The summed E-state index contributed by atoms with van der Waals surface area (Å²) in [6.45, 7) is 5.56. The number of carbonyl (C=O) groups excluding carboxylic acids is 1. The van der Waals surface area contributed by atoms with Crippen molar-refractivity contribution >= 4 is 5.97 Å². The summed E-state index contributed by atoms with van der Waals surface area (Å²) in [4.78, 5) is 14.2. The Morgan fingerprint density at radius 2 is 1.91 bits per heavy atom. The highest BCUT2D eigenvalue weighted by Gasteiger charge is 2.40. The zero-order valence-corrected chi connectivity index (χ0v) is 13.1. The molecule has 0 amide bonds. The molecule has 2 aliphatic rings. The number of benzene rings is 1. The Morgan fingerprint density at radius 3 is 2.55 bits per heavy atom. The molecule has 1 aromatic rings. The lowest BCUT2D eigenvalue weighted by atomic mass is 9.77. The second-order valence-electron chi connectivity index (χ2n) is 6.58. The minimum absolute atomic E-state index is 0.0928. The van der Waals surface area contributed by atoms with Crippen molar-refractivity contribution in [2.45, 2.75) is 32.3 Å². The number of hydrogen-bond donors (Lipinski definition) is 0. The lowest BCUT2D eigenvalue weighted by molar-refractivity contribution is -0.145. The first-order chi connectivity index (χ1) is 10.8. The number of esters is 1. The Hall–Kier alpha value is -1.39. The number of ether oxygens (including phenoxy) is 2. The molecule has 1 aromatic carbocycles. The first-order valence-corrected chi connectivity index (χ1v) is 8.25. The van der Waals surface area contributed by atoms with Gasteiger partial charge >= 0.3 is 5.97 Å². The minimum Gasteiger partial charge on any atom is -0.461 e. The Morgan fingerprint density at radius 1 is 1.18 bits per heavy atom. The molecule has 1 spiro atoms. The average Bonchev–Trinajstić information content (AvgIpc) is 2.53. The van der Waals surface area contributed by atoms with Gasteiger partial charge in [-0.2, -0.15) is 0 Å². The van der Waals surface area contributed by atoms with E-state index in [1.807, 2.05) is 30.3 Å². The van der Waals surface area contributed by atoms with Crippen molar-refractivity contribution in [3.63, 3.8) is 0 Å². The van der Waals surface area contributed by atoms with Gasteiger partial charge in [0.25, 0.3) is 0 Å². The molecule has 2 aliphatic heterocycles. The van der Waals surface area contributed by atoms with Crippen molar-refractivity contribution in [1.29, 1.82) is 0 Å². The van der Waals surface area contributed by atoms with Gasteiger partial charge < -0.3 is 14.4 Å². The Kier molecular flexibility index (Phi) is 5.11. The van der Waals surface area contributed by atoms with E-state index in [1.165, 1.54) is 12.8 Å². The monoisotopic (exact) mass is 303 g/mol. The van der Waals surface area contributed by atoms with Crippen LogP contribution >= 0.6 is 0 Å². The zero-order valence-electron chi connectivity index (χ0n) is 13.1. The van der Waals surface area contributed by atoms with Crippen molar-refractivity contribution < 1.29 is 14.3 Å². The predicted octanol–water partition coefficient (Wildman–Crippen LogP) is 2.62. The van der Waals surface area contributed by atoms with Crippen molar-refractivity contribution in [3.8, 4) is 0 Å². The van der Waals surface area contributed by atoms with Crippen molar-refractivity contribution in [1.82, 2.24) is 4.90 Å². The molecule has 2 saturated heterocycles. The van der Waals surface area contributed by atoms with Crippen LogP contribution in [0.1, 0.15) is 31.2 Å². The maximum Gasteiger partial charge on any atom is 0.306 e. The molecule has 3 rings (SSSR count). The first kappa shape index (κ1) is 15.5. The van der Waals surface area contributed by atoms with Gasteiger partial charge in [0.1, 0.15) is 6.61 Å². The van der Waals surface area contributed by atoms with E-state index in [4.69, 9.17) is 9.47 Å². The lowest BCUT2D eigenvalue weighted by Gasteiger charge is -2.47. The second kappa shape index (κ2) is 7.25. The third-order valence-corrected chi connectivity index (χ3v) is 4.83. The van der Waals surface area contributed by atoms with Gasteiger partial charge in [0.05, 0.1) is 13.2 Å². The Bertz CT molecular complexity index is 474. The van der Waals surface area contributed by atoms with Gasteiger partial charge in [-0.15, -0.1) is 0 Å². The predicted molar refractivity (Wildman–Crippen MR) is 84.4 cm³/mol. The van der Waals surface area contributed by atoms with Gasteiger partial charge in [0.15, 0.2) is 0 Å². The summed E-state index contributed by atoms with van der Waals surface area (Å²) < 4.78 is 10.7. The molecular formula is C18H25NO3. The Labute approximate surface area is 132 Å². The van der Waals surface area contributed by atoms with Crippen LogP contribution in [0.25, 0.3) is 0 Å². The summed E-state index contributed by atoms with van der Waals surface area (Å²) >= 11 is 0. The molecule has 0 aliphatic carbocycles. The highest BCUT2D eigenvalue weighted by Crippen LogP contribution is 2.38. The third-order valence-electron chi connectivity index (χ3n) is 4.83. The highest BCUT2D eigenvalue weighted by molar-refractivity contribution is 5.69. The molecule has 2 fully saturated rings. The topological polar surface area (TPSA) is 38.8 Å². The van der Waals surface area contributed by atoms with E-state index in [0.29, 0.717) is 18.4 Å². The molecule has 0 N–H and O–H groups in total. The molecule has 0 radical (unpaired) electrons. The number of likely N-dealkylation sites (tertiary alicyclic amines) is 1. The van der Waals surface area contributed by atoms with Crippen molar-refractivity contribution in [2.75, 3.05) is 32.8 Å². The standard InChI is InChI=1S/C18H25NO3/c20-17(22-13-16-5-2-1-3-6-16)7-4-10-19-11-8-18(9-12-19)14-21-15-18/h1-3,5-6H,4,7-15H2. The normalized spacial score (nSPS) is 20.5. The lowest BCUT2D eigenvalue weighted by Crippen LogP contribution is -2.50. The van der Waals surface area contributed by atoms with Gasteiger partial charge in [-0.3, -0.25) is 4.79 Å². The molecular weight excluding hydrogens is 278 g/mol. The van der Waals surface area contributed by atoms with E-state index in [9.17, 15) is 4.79 Å². The van der Waals surface area contributed by atoms with Crippen LogP contribution in [0.4, 0.5) is 0 Å². The van der Waals surface area contributed by atoms with Gasteiger partial charge in [0.2, 0.25) is 0 Å². The second-order valence-corrected chi connectivity index (χ2v) is 6.58. The van der Waals surface area contributed by atoms with Gasteiger partial charge in [0, 0.05) is 11.8 Å². The van der Waals surface area contributed by atoms with Crippen LogP contribution in [0.5, 0.6) is 0 Å².